The number of likely N-dealkylation sites (tertiary alicyclic amines) is 1. The second-order valence-corrected chi connectivity index (χ2v) is 5.19. The third-order valence-corrected chi connectivity index (χ3v) is 3.75. The average molecular weight is 248 g/mol. The molecule has 0 amide bonds. The lowest BCUT2D eigenvalue weighted by Gasteiger charge is -2.27. The molecule has 1 aliphatic rings. The molecule has 0 saturated carbocycles. The molecule has 1 unspecified atom stereocenters. The van der Waals surface area contributed by atoms with E-state index in [2.05, 4.69) is 46.3 Å². The van der Waals surface area contributed by atoms with Crippen LogP contribution in [0.1, 0.15) is 18.5 Å². The second-order valence-electron chi connectivity index (χ2n) is 5.19. The Kier molecular flexibility index (Phi) is 4.55. The second kappa shape index (κ2) is 6.16. The first-order valence-electron chi connectivity index (χ1n) is 6.71. The Balaban J connectivity index is 1.99. The van der Waals surface area contributed by atoms with E-state index < -0.39 is 0 Å². The van der Waals surface area contributed by atoms with Gasteiger partial charge in [0, 0.05) is 38.1 Å². The zero-order valence-electron chi connectivity index (χ0n) is 11.7. The summed E-state index contributed by atoms with van der Waals surface area (Å²) in [6.45, 7) is 3.16. The van der Waals surface area contributed by atoms with Crippen LogP contribution in [0.4, 0.5) is 5.69 Å². The fourth-order valence-corrected chi connectivity index (χ4v) is 2.61. The molecule has 0 bridgehead atoms. The monoisotopic (exact) mass is 248 g/mol. The number of pyridine rings is 1. The van der Waals surface area contributed by atoms with Crippen LogP contribution in [0.2, 0.25) is 0 Å². The van der Waals surface area contributed by atoms with Gasteiger partial charge in [0.15, 0.2) is 0 Å². The molecule has 18 heavy (non-hydrogen) atoms. The van der Waals surface area contributed by atoms with Gasteiger partial charge in [-0.2, -0.15) is 0 Å². The minimum Gasteiger partial charge on any atom is -0.373 e. The lowest BCUT2D eigenvalue weighted by molar-refractivity contribution is 0.314. The molecule has 0 aromatic carbocycles. The SMILES string of the molecule is CNCc1cc(N(C)CC2CCCN2C)ccn1. The van der Waals surface area contributed by atoms with Crippen LogP contribution in [-0.4, -0.2) is 50.2 Å². The Labute approximate surface area is 110 Å². The van der Waals surface area contributed by atoms with Crippen LogP contribution in [0.25, 0.3) is 0 Å². The van der Waals surface area contributed by atoms with Crippen molar-refractivity contribution in [2.45, 2.75) is 25.4 Å². The Morgan fingerprint density at radius 1 is 1.56 bits per heavy atom. The minimum absolute atomic E-state index is 0.691. The summed E-state index contributed by atoms with van der Waals surface area (Å²) >= 11 is 0. The van der Waals surface area contributed by atoms with Gasteiger partial charge in [-0.05, 0) is 45.6 Å². The highest BCUT2D eigenvalue weighted by atomic mass is 15.2. The molecule has 0 aliphatic carbocycles. The van der Waals surface area contributed by atoms with Crippen molar-refractivity contribution in [1.82, 2.24) is 15.2 Å². The van der Waals surface area contributed by atoms with E-state index in [9.17, 15) is 0 Å². The summed E-state index contributed by atoms with van der Waals surface area (Å²) in [5.41, 5.74) is 2.36. The van der Waals surface area contributed by atoms with Crippen LogP contribution in [0.5, 0.6) is 0 Å². The van der Waals surface area contributed by atoms with Gasteiger partial charge < -0.3 is 15.1 Å². The van der Waals surface area contributed by atoms with E-state index in [1.165, 1.54) is 25.1 Å². The lowest BCUT2D eigenvalue weighted by Crippen LogP contribution is -2.36. The Morgan fingerprint density at radius 2 is 2.39 bits per heavy atom. The van der Waals surface area contributed by atoms with Crippen molar-refractivity contribution in [2.24, 2.45) is 0 Å². The van der Waals surface area contributed by atoms with Crippen molar-refractivity contribution >= 4 is 5.69 Å². The number of hydrogen-bond donors (Lipinski definition) is 1. The largest absolute Gasteiger partial charge is 0.373 e. The zero-order chi connectivity index (χ0) is 13.0. The van der Waals surface area contributed by atoms with E-state index in [4.69, 9.17) is 0 Å². The van der Waals surface area contributed by atoms with Crippen LogP contribution in [0.3, 0.4) is 0 Å². The first-order chi connectivity index (χ1) is 8.70. The molecule has 4 nitrogen and oxygen atoms in total. The molecule has 0 radical (unpaired) electrons. The third-order valence-electron chi connectivity index (χ3n) is 3.75. The van der Waals surface area contributed by atoms with Gasteiger partial charge in [-0.15, -0.1) is 0 Å². The van der Waals surface area contributed by atoms with E-state index >= 15 is 0 Å². The number of aromatic nitrogens is 1. The molecule has 1 aromatic rings. The summed E-state index contributed by atoms with van der Waals surface area (Å²) < 4.78 is 0. The van der Waals surface area contributed by atoms with Gasteiger partial charge in [0.2, 0.25) is 0 Å². The topological polar surface area (TPSA) is 31.4 Å². The number of nitrogens with zero attached hydrogens (tertiary/aromatic N) is 3. The molecule has 1 aliphatic heterocycles. The van der Waals surface area contributed by atoms with Gasteiger partial charge in [0.05, 0.1) is 5.69 Å². The molecule has 1 atom stereocenters. The molecule has 1 fully saturated rings. The smallest absolute Gasteiger partial charge is 0.0562 e. The Bertz CT molecular complexity index is 380. The van der Waals surface area contributed by atoms with Gasteiger partial charge >= 0.3 is 0 Å². The molecule has 4 heteroatoms. The molecule has 1 N–H and O–H groups in total. The van der Waals surface area contributed by atoms with Crippen molar-refractivity contribution in [3.05, 3.63) is 24.0 Å². The maximum absolute atomic E-state index is 4.36. The van der Waals surface area contributed by atoms with Gasteiger partial charge in [-0.3, -0.25) is 4.98 Å². The van der Waals surface area contributed by atoms with Gasteiger partial charge in [-0.1, -0.05) is 0 Å². The highest BCUT2D eigenvalue weighted by Crippen LogP contribution is 2.19. The van der Waals surface area contributed by atoms with Crippen molar-refractivity contribution in [3.8, 4) is 0 Å². The van der Waals surface area contributed by atoms with Crippen LogP contribution < -0.4 is 10.2 Å². The number of hydrogen-bond acceptors (Lipinski definition) is 4. The summed E-state index contributed by atoms with van der Waals surface area (Å²) in [5.74, 6) is 0. The van der Waals surface area contributed by atoms with Gasteiger partial charge in [-0.25, -0.2) is 0 Å². The van der Waals surface area contributed by atoms with E-state index in [0.717, 1.165) is 18.8 Å². The molecular weight excluding hydrogens is 224 g/mol. The number of rotatable bonds is 5. The van der Waals surface area contributed by atoms with Crippen molar-refractivity contribution < 1.29 is 0 Å². The summed E-state index contributed by atoms with van der Waals surface area (Å²) in [6, 6.07) is 4.95. The zero-order valence-corrected chi connectivity index (χ0v) is 11.7. The third kappa shape index (κ3) is 3.21. The van der Waals surface area contributed by atoms with Crippen molar-refractivity contribution in [1.29, 1.82) is 0 Å². The number of nitrogens with one attached hydrogen (secondary N) is 1. The van der Waals surface area contributed by atoms with Crippen LogP contribution in [0, 0.1) is 0 Å². The van der Waals surface area contributed by atoms with E-state index in [1.54, 1.807) is 0 Å². The predicted octanol–water partition coefficient (Wildman–Crippen LogP) is 1.33. The number of anilines is 1. The fraction of sp³-hybridized carbons (Fsp3) is 0.643. The van der Waals surface area contributed by atoms with E-state index in [1.807, 2.05) is 13.2 Å². The van der Waals surface area contributed by atoms with Crippen molar-refractivity contribution in [3.63, 3.8) is 0 Å². The molecule has 100 valence electrons. The standard InChI is InChI=1S/C14H24N4/c1-15-10-12-9-13(6-7-16-12)18(3)11-14-5-4-8-17(14)2/h6-7,9,14-15H,4-5,8,10-11H2,1-3H3. The maximum Gasteiger partial charge on any atom is 0.0562 e. The summed E-state index contributed by atoms with van der Waals surface area (Å²) in [4.78, 5) is 9.16. The lowest BCUT2D eigenvalue weighted by atomic mass is 10.2. The fourth-order valence-electron chi connectivity index (χ4n) is 2.61. The Hall–Kier alpha value is -1.13. The molecule has 2 heterocycles. The first kappa shape index (κ1) is 13.3. The summed E-state index contributed by atoms with van der Waals surface area (Å²) in [6.07, 6.45) is 4.54. The number of likely N-dealkylation sites (N-methyl/N-ethyl adjacent to an activating group) is 2. The summed E-state index contributed by atoms with van der Waals surface area (Å²) in [7, 11) is 6.35. The average Bonchev–Trinajstić information content (AvgIpc) is 2.76. The van der Waals surface area contributed by atoms with Crippen LogP contribution in [-0.2, 0) is 6.54 Å². The van der Waals surface area contributed by atoms with Gasteiger partial charge in [0.1, 0.15) is 0 Å². The van der Waals surface area contributed by atoms with E-state index in [0.29, 0.717) is 6.04 Å². The predicted molar refractivity (Wildman–Crippen MR) is 75.9 cm³/mol. The maximum atomic E-state index is 4.36. The molecule has 2 rings (SSSR count). The molecular formula is C14H24N4. The van der Waals surface area contributed by atoms with Gasteiger partial charge in [0.25, 0.3) is 0 Å². The minimum atomic E-state index is 0.691. The van der Waals surface area contributed by atoms with E-state index in [-0.39, 0.29) is 0 Å². The quantitative estimate of drug-likeness (QED) is 0.852. The molecule has 1 saturated heterocycles. The first-order valence-corrected chi connectivity index (χ1v) is 6.71. The normalized spacial score (nSPS) is 20.3. The molecule has 0 spiro atoms. The van der Waals surface area contributed by atoms with Crippen LogP contribution in [0.15, 0.2) is 18.3 Å². The highest BCUT2D eigenvalue weighted by Gasteiger charge is 2.22. The highest BCUT2D eigenvalue weighted by molar-refractivity contribution is 5.45. The summed E-state index contributed by atoms with van der Waals surface area (Å²) in [5, 5.41) is 3.14. The Morgan fingerprint density at radius 3 is 3.06 bits per heavy atom. The van der Waals surface area contributed by atoms with Crippen LogP contribution >= 0.6 is 0 Å². The van der Waals surface area contributed by atoms with Crippen molar-refractivity contribution in [2.75, 3.05) is 39.1 Å². The molecule has 1 aromatic heterocycles.